The lowest BCUT2D eigenvalue weighted by atomic mass is 10.1. The third kappa shape index (κ3) is 3.68. The Balaban J connectivity index is 1.55. The molecule has 1 aromatic carbocycles. The quantitative estimate of drug-likeness (QED) is 0.848. The predicted molar refractivity (Wildman–Crippen MR) is 103 cm³/mol. The minimum Gasteiger partial charge on any atom is -0.374 e. The maximum Gasteiger partial charge on any atom is 0.266 e. The molecule has 28 heavy (non-hydrogen) atoms. The first kappa shape index (κ1) is 18.7. The molecule has 7 nitrogen and oxygen atoms in total. The molecule has 0 aliphatic carbocycles. The van der Waals surface area contributed by atoms with Gasteiger partial charge < -0.3 is 19.5 Å². The molecule has 1 aromatic heterocycles. The monoisotopic (exact) mass is 401 g/mol. The molecule has 3 heterocycles. The van der Waals surface area contributed by atoms with Crippen molar-refractivity contribution < 1.29 is 14.3 Å². The molecule has 1 N–H and O–H groups in total. The highest BCUT2D eigenvalue weighted by Crippen LogP contribution is 2.26. The van der Waals surface area contributed by atoms with E-state index in [2.05, 4.69) is 4.98 Å². The number of carbonyl (C=O) groups is 2. The van der Waals surface area contributed by atoms with Gasteiger partial charge in [0.1, 0.15) is 5.02 Å². The van der Waals surface area contributed by atoms with Gasteiger partial charge in [-0.2, -0.15) is 0 Å². The van der Waals surface area contributed by atoms with Crippen molar-refractivity contribution in [1.29, 1.82) is 0 Å². The number of hydrogen-bond acceptors (Lipinski definition) is 4. The summed E-state index contributed by atoms with van der Waals surface area (Å²) in [5.74, 6) is -0.223. The van der Waals surface area contributed by atoms with Crippen molar-refractivity contribution >= 4 is 23.4 Å². The van der Waals surface area contributed by atoms with E-state index in [0.29, 0.717) is 38.2 Å². The van der Waals surface area contributed by atoms with Crippen LogP contribution in [0, 0.1) is 0 Å². The first-order valence-corrected chi connectivity index (χ1v) is 9.53. The van der Waals surface area contributed by atoms with Crippen molar-refractivity contribution in [2.24, 2.45) is 0 Å². The van der Waals surface area contributed by atoms with Gasteiger partial charge in [-0.25, -0.2) is 0 Å². The molecule has 0 spiro atoms. The number of carbonyl (C=O) groups excluding carboxylic acids is 2. The third-order valence-corrected chi connectivity index (χ3v) is 5.47. The first-order chi connectivity index (χ1) is 13.5. The molecular formula is C20H20ClN3O4. The molecule has 2 amide bonds. The summed E-state index contributed by atoms with van der Waals surface area (Å²) in [6.45, 7) is 1.59. The molecule has 2 aliphatic rings. The molecule has 4 rings (SSSR count). The van der Waals surface area contributed by atoms with Crippen LogP contribution in [0.3, 0.4) is 0 Å². The first-order valence-electron chi connectivity index (χ1n) is 9.15. The summed E-state index contributed by atoms with van der Waals surface area (Å²) in [5, 5.41) is -0.0311. The normalized spacial score (nSPS) is 22.1. The molecular weight excluding hydrogens is 382 g/mol. The van der Waals surface area contributed by atoms with E-state index >= 15 is 0 Å². The van der Waals surface area contributed by atoms with Crippen LogP contribution in [0.15, 0.2) is 47.4 Å². The highest BCUT2D eigenvalue weighted by molar-refractivity contribution is 6.30. The lowest BCUT2D eigenvalue weighted by Gasteiger charge is -2.29. The number of aromatic nitrogens is 1. The average molecular weight is 402 g/mol. The van der Waals surface area contributed by atoms with Crippen molar-refractivity contribution in [3.8, 4) is 0 Å². The number of nitrogens with one attached hydrogen (secondary N) is 1. The summed E-state index contributed by atoms with van der Waals surface area (Å²) >= 11 is 5.85. The Kier molecular flexibility index (Phi) is 5.19. The number of halogens is 1. The SMILES string of the molecule is O=C(c1c[nH]c(=O)c(Cl)c1)N1C[C@@H]2OCCC(=O)N(Cc3ccccc3)[C@H]2C1. The van der Waals surface area contributed by atoms with Crippen LogP contribution in [-0.4, -0.2) is 58.4 Å². The van der Waals surface area contributed by atoms with Crippen LogP contribution in [0.2, 0.25) is 5.02 Å². The van der Waals surface area contributed by atoms with E-state index in [1.54, 1.807) is 4.90 Å². The number of rotatable bonds is 3. The summed E-state index contributed by atoms with van der Waals surface area (Å²) < 4.78 is 5.88. The van der Waals surface area contributed by atoms with Gasteiger partial charge in [0, 0.05) is 25.8 Å². The van der Waals surface area contributed by atoms with Crippen LogP contribution < -0.4 is 5.56 Å². The minimum absolute atomic E-state index is 0.0257. The summed E-state index contributed by atoms with van der Waals surface area (Å²) in [7, 11) is 0. The zero-order valence-corrected chi connectivity index (χ0v) is 15.9. The number of amides is 2. The number of H-pyrrole nitrogens is 1. The van der Waals surface area contributed by atoms with E-state index in [1.165, 1.54) is 12.3 Å². The van der Waals surface area contributed by atoms with Gasteiger partial charge in [-0.3, -0.25) is 14.4 Å². The number of nitrogens with zero attached hydrogens (tertiary/aromatic N) is 2. The Labute approximate surface area is 166 Å². The summed E-state index contributed by atoms with van der Waals surface area (Å²) in [6, 6.07) is 10.9. The zero-order chi connectivity index (χ0) is 19.7. The molecule has 0 radical (unpaired) electrons. The van der Waals surface area contributed by atoms with E-state index in [1.807, 2.05) is 35.2 Å². The summed E-state index contributed by atoms with van der Waals surface area (Å²) in [4.78, 5) is 42.9. The Bertz CT molecular complexity index is 946. The summed E-state index contributed by atoms with van der Waals surface area (Å²) in [6.07, 6.45) is 1.46. The fraction of sp³-hybridized carbons (Fsp3) is 0.350. The molecule has 2 fully saturated rings. The van der Waals surface area contributed by atoms with Crippen LogP contribution in [0.4, 0.5) is 0 Å². The lowest BCUT2D eigenvalue weighted by molar-refractivity contribution is -0.133. The number of fused-ring (bicyclic) bond motifs is 1. The van der Waals surface area contributed by atoms with Crippen LogP contribution >= 0.6 is 11.6 Å². The van der Waals surface area contributed by atoms with Crippen LogP contribution in [0.5, 0.6) is 0 Å². The van der Waals surface area contributed by atoms with E-state index in [-0.39, 0.29) is 29.0 Å². The Morgan fingerprint density at radius 1 is 1.21 bits per heavy atom. The molecule has 0 unspecified atom stereocenters. The van der Waals surface area contributed by atoms with Crippen molar-refractivity contribution in [3.05, 3.63) is 69.1 Å². The van der Waals surface area contributed by atoms with Gasteiger partial charge in [-0.05, 0) is 11.6 Å². The second-order valence-electron chi connectivity index (χ2n) is 7.01. The van der Waals surface area contributed by atoms with Crippen LogP contribution in [-0.2, 0) is 16.1 Å². The highest BCUT2D eigenvalue weighted by Gasteiger charge is 2.43. The Hall–Kier alpha value is -2.64. The van der Waals surface area contributed by atoms with Gasteiger partial charge >= 0.3 is 0 Å². The molecule has 2 aromatic rings. The smallest absolute Gasteiger partial charge is 0.266 e. The molecule has 8 heteroatoms. The standard InChI is InChI=1S/C20H20ClN3O4/c21-15-8-14(9-22-19(15)26)20(27)23-11-16-17(12-23)28-7-6-18(25)24(16)10-13-4-2-1-3-5-13/h1-5,8-9,16-17H,6-7,10-12H2,(H,22,26)/t16-,17-/m0/s1. The average Bonchev–Trinajstić information content (AvgIpc) is 3.06. The van der Waals surface area contributed by atoms with Crippen molar-refractivity contribution in [2.45, 2.75) is 25.1 Å². The molecule has 2 atom stereocenters. The second-order valence-corrected chi connectivity index (χ2v) is 7.42. The van der Waals surface area contributed by atoms with Gasteiger partial charge in [0.25, 0.3) is 11.5 Å². The Morgan fingerprint density at radius 2 is 2.00 bits per heavy atom. The fourth-order valence-electron chi connectivity index (χ4n) is 3.76. The minimum atomic E-state index is -0.437. The number of pyridine rings is 1. The van der Waals surface area contributed by atoms with Crippen molar-refractivity contribution in [1.82, 2.24) is 14.8 Å². The number of likely N-dealkylation sites (tertiary alicyclic amines) is 1. The zero-order valence-electron chi connectivity index (χ0n) is 15.1. The topological polar surface area (TPSA) is 82.7 Å². The number of aromatic amines is 1. The van der Waals surface area contributed by atoms with E-state index in [9.17, 15) is 14.4 Å². The molecule has 2 aliphatic heterocycles. The van der Waals surface area contributed by atoms with Crippen LogP contribution in [0.25, 0.3) is 0 Å². The largest absolute Gasteiger partial charge is 0.374 e. The summed E-state index contributed by atoms with van der Waals surface area (Å²) in [5.41, 5.74) is 0.906. The van der Waals surface area contributed by atoms with Gasteiger partial charge in [0.05, 0.1) is 30.7 Å². The van der Waals surface area contributed by atoms with E-state index in [0.717, 1.165) is 5.56 Å². The van der Waals surface area contributed by atoms with Gasteiger partial charge in [0.15, 0.2) is 0 Å². The highest BCUT2D eigenvalue weighted by atomic mass is 35.5. The van der Waals surface area contributed by atoms with Crippen molar-refractivity contribution in [2.75, 3.05) is 19.7 Å². The van der Waals surface area contributed by atoms with E-state index in [4.69, 9.17) is 16.3 Å². The van der Waals surface area contributed by atoms with Crippen molar-refractivity contribution in [3.63, 3.8) is 0 Å². The lowest BCUT2D eigenvalue weighted by Crippen LogP contribution is -2.45. The molecule has 0 bridgehead atoms. The number of hydrogen-bond donors (Lipinski definition) is 1. The molecule has 146 valence electrons. The maximum absolute atomic E-state index is 12.9. The van der Waals surface area contributed by atoms with Gasteiger partial charge in [-0.1, -0.05) is 41.9 Å². The third-order valence-electron chi connectivity index (χ3n) is 5.19. The maximum atomic E-state index is 12.9. The fourth-order valence-corrected chi connectivity index (χ4v) is 3.93. The number of ether oxygens (including phenoxy) is 1. The van der Waals surface area contributed by atoms with E-state index < -0.39 is 5.56 Å². The molecule has 0 saturated carbocycles. The predicted octanol–water partition coefficient (Wildman–Crippen LogP) is 1.67. The van der Waals surface area contributed by atoms with Gasteiger partial charge in [-0.15, -0.1) is 0 Å². The molecule has 2 saturated heterocycles. The Morgan fingerprint density at radius 3 is 2.75 bits per heavy atom. The number of benzene rings is 1. The van der Waals surface area contributed by atoms with Crippen LogP contribution in [0.1, 0.15) is 22.3 Å². The van der Waals surface area contributed by atoms with Gasteiger partial charge in [0.2, 0.25) is 5.91 Å². The second kappa shape index (κ2) is 7.77.